The monoisotopic (exact) mass is 594 g/mol. The van der Waals surface area contributed by atoms with Gasteiger partial charge in [0.25, 0.3) is 11.4 Å². The van der Waals surface area contributed by atoms with Crippen molar-refractivity contribution in [3.8, 4) is 0 Å². The summed E-state index contributed by atoms with van der Waals surface area (Å²) in [5, 5.41) is 20.1. The van der Waals surface area contributed by atoms with Crippen molar-refractivity contribution in [2.75, 3.05) is 11.9 Å². The minimum Gasteiger partial charge on any atom is -0.805 e. The van der Waals surface area contributed by atoms with E-state index in [-0.39, 0.29) is 45.4 Å². The SMILES string of the molecule is Cc1cc2c(cc1C)[n+](=O)c(C(=O)C/C(=N\OCCCc1ccccc1)C(=O)Nc1cc(Cl)ccc1Cl)c(C)n2[O-]. The van der Waals surface area contributed by atoms with Crippen LogP contribution in [0, 0.1) is 30.9 Å². The Labute approximate surface area is 246 Å². The predicted molar refractivity (Wildman–Crippen MR) is 160 cm³/mol. The quantitative estimate of drug-likeness (QED) is 0.0754. The predicted octanol–water partition coefficient (Wildman–Crippen LogP) is 6.35. The van der Waals surface area contributed by atoms with Crippen molar-refractivity contribution in [3.05, 3.63) is 109 Å². The summed E-state index contributed by atoms with van der Waals surface area (Å²) >= 11 is 12.2. The van der Waals surface area contributed by atoms with Gasteiger partial charge in [0.2, 0.25) is 5.78 Å². The molecule has 0 fully saturated rings. The molecule has 0 radical (unpaired) electrons. The van der Waals surface area contributed by atoms with Crippen molar-refractivity contribution in [2.24, 2.45) is 5.16 Å². The Bertz CT molecular complexity index is 1720. The molecule has 9 nitrogen and oxygen atoms in total. The molecule has 1 aromatic heterocycles. The Hall–Kier alpha value is -4.21. The summed E-state index contributed by atoms with van der Waals surface area (Å²) < 4.78 is 0.976. The lowest BCUT2D eigenvalue weighted by atomic mass is 10.1. The van der Waals surface area contributed by atoms with Crippen LogP contribution in [0.25, 0.3) is 11.0 Å². The topological polar surface area (TPSA) is 119 Å². The van der Waals surface area contributed by atoms with Gasteiger partial charge in [0.05, 0.1) is 27.3 Å². The summed E-state index contributed by atoms with van der Waals surface area (Å²) in [5.41, 5.74) is 2.34. The number of carbonyl (C=O) groups excluding carboxylic acids is 2. The van der Waals surface area contributed by atoms with Gasteiger partial charge in [0, 0.05) is 16.0 Å². The van der Waals surface area contributed by atoms with Crippen LogP contribution in [0.1, 0.15) is 45.7 Å². The highest BCUT2D eigenvalue weighted by molar-refractivity contribution is 6.47. The van der Waals surface area contributed by atoms with Gasteiger partial charge in [-0.1, -0.05) is 58.7 Å². The summed E-state index contributed by atoms with van der Waals surface area (Å²) in [4.78, 5) is 45.4. The number of nitrogens with zero attached hydrogens (tertiary/aromatic N) is 3. The third kappa shape index (κ3) is 6.93. The zero-order valence-electron chi connectivity index (χ0n) is 22.7. The standard InChI is InChI=1S/C30H28Cl2N4O5/c1-18-14-26-27(15-19(18)2)36(40)29(20(3)35(26)39)28(37)17-25(30(38)33-24-16-22(31)11-12-23(24)32)34-41-13-7-10-21-8-5-4-6-9-21/h4-6,8-9,11-12,14-16H,7,10,13,17H2,1-3H3,(H,33,38)/b34-25+. The minimum absolute atomic E-state index is 0.0443. The van der Waals surface area contributed by atoms with Gasteiger partial charge < -0.3 is 20.1 Å². The Kier molecular flexibility index (Phi) is 9.42. The number of carbonyl (C=O) groups is 2. The fourth-order valence-corrected chi connectivity index (χ4v) is 4.59. The molecule has 0 unspecified atom stereocenters. The molecule has 11 heteroatoms. The molecular formula is C30H28Cl2N4O5. The van der Waals surface area contributed by atoms with Crippen LogP contribution in [0.5, 0.6) is 0 Å². The third-order valence-corrected chi connectivity index (χ3v) is 7.19. The number of hydrogen-bond acceptors (Lipinski definition) is 6. The number of aryl methyl sites for hydroxylation is 3. The highest BCUT2D eigenvalue weighted by Crippen LogP contribution is 2.26. The molecule has 0 saturated heterocycles. The van der Waals surface area contributed by atoms with Crippen LogP contribution in [0.15, 0.2) is 65.8 Å². The van der Waals surface area contributed by atoms with Crippen molar-refractivity contribution in [1.82, 2.24) is 4.73 Å². The van der Waals surface area contributed by atoms with Gasteiger partial charge in [0.1, 0.15) is 12.1 Å². The first kappa shape index (κ1) is 29.8. The number of benzene rings is 3. The van der Waals surface area contributed by atoms with E-state index < -0.39 is 18.1 Å². The summed E-state index contributed by atoms with van der Waals surface area (Å²) in [6, 6.07) is 17.5. The van der Waals surface area contributed by atoms with Gasteiger partial charge in [-0.05, 0) is 74.6 Å². The number of anilines is 1. The van der Waals surface area contributed by atoms with Crippen LogP contribution in [-0.4, -0.2) is 28.7 Å². The van der Waals surface area contributed by atoms with Crippen molar-refractivity contribution in [2.45, 2.75) is 40.0 Å². The van der Waals surface area contributed by atoms with Crippen LogP contribution < -0.4 is 9.74 Å². The maximum absolute atomic E-state index is 13.5. The Morgan fingerprint density at radius 3 is 2.46 bits per heavy atom. The number of rotatable bonds is 10. The maximum atomic E-state index is 13.5. The summed E-state index contributed by atoms with van der Waals surface area (Å²) in [7, 11) is 0. The number of Topliss-reactive ketones (excluding diaryl/α,β-unsaturated/α-hetero) is 1. The Morgan fingerprint density at radius 2 is 1.73 bits per heavy atom. The highest BCUT2D eigenvalue weighted by Gasteiger charge is 2.30. The van der Waals surface area contributed by atoms with Gasteiger partial charge in [-0.15, -0.1) is 0 Å². The molecule has 0 aliphatic carbocycles. The molecule has 41 heavy (non-hydrogen) atoms. The van der Waals surface area contributed by atoms with E-state index >= 15 is 0 Å². The summed E-state index contributed by atoms with van der Waals surface area (Å²) in [6.07, 6.45) is 0.724. The van der Waals surface area contributed by atoms with Crippen LogP contribution >= 0.6 is 23.2 Å². The number of halogens is 2. The lowest BCUT2D eigenvalue weighted by Crippen LogP contribution is -2.33. The second-order valence-electron chi connectivity index (χ2n) is 9.59. The molecule has 1 N–H and O–H groups in total. The van der Waals surface area contributed by atoms with Crippen molar-refractivity contribution in [1.29, 1.82) is 0 Å². The van der Waals surface area contributed by atoms with E-state index in [9.17, 15) is 19.7 Å². The molecule has 4 rings (SSSR count). The Balaban J connectivity index is 1.62. The lowest BCUT2D eigenvalue weighted by Gasteiger charge is -2.17. The number of hydrogen-bond donors (Lipinski definition) is 1. The first-order valence-electron chi connectivity index (χ1n) is 12.9. The zero-order valence-corrected chi connectivity index (χ0v) is 24.3. The number of amides is 1. The first-order chi connectivity index (χ1) is 19.6. The number of nitrogens with one attached hydrogen (secondary N) is 1. The second kappa shape index (κ2) is 13.0. The van der Waals surface area contributed by atoms with E-state index in [0.29, 0.717) is 20.6 Å². The van der Waals surface area contributed by atoms with E-state index in [1.165, 1.54) is 19.1 Å². The number of aromatic nitrogens is 2. The van der Waals surface area contributed by atoms with Gasteiger partial charge in [0.15, 0.2) is 5.71 Å². The van der Waals surface area contributed by atoms with Crippen LogP contribution in [0.4, 0.5) is 5.69 Å². The maximum Gasteiger partial charge on any atom is 0.325 e. The molecule has 212 valence electrons. The fraction of sp³-hybridized carbons (Fsp3) is 0.233. The molecule has 0 bridgehead atoms. The molecule has 1 heterocycles. The molecule has 0 atom stereocenters. The number of oxime groups is 1. The van der Waals surface area contributed by atoms with E-state index in [1.807, 2.05) is 37.3 Å². The average Bonchev–Trinajstić information content (AvgIpc) is 2.94. The number of fused-ring (bicyclic) bond motifs is 1. The van der Waals surface area contributed by atoms with E-state index in [4.69, 9.17) is 28.0 Å². The van der Waals surface area contributed by atoms with Crippen LogP contribution in [0.2, 0.25) is 10.0 Å². The fourth-order valence-electron chi connectivity index (χ4n) is 4.26. The number of ketones is 1. The molecule has 0 aliphatic rings. The van der Waals surface area contributed by atoms with Gasteiger partial charge in [-0.2, -0.15) is 0 Å². The molecular weight excluding hydrogens is 567 g/mol. The zero-order chi connectivity index (χ0) is 29.7. The molecule has 4 aromatic rings. The molecule has 0 aliphatic heterocycles. The molecule has 0 spiro atoms. The normalized spacial score (nSPS) is 11.5. The van der Waals surface area contributed by atoms with E-state index in [1.54, 1.807) is 25.1 Å². The van der Waals surface area contributed by atoms with Gasteiger partial charge in [-0.3, -0.25) is 9.59 Å². The van der Waals surface area contributed by atoms with Gasteiger partial charge in [-0.25, -0.2) is 0 Å². The van der Waals surface area contributed by atoms with Crippen molar-refractivity contribution >= 4 is 57.3 Å². The third-order valence-electron chi connectivity index (χ3n) is 6.63. The lowest BCUT2D eigenvalue weighted by molar-refractivity contribution is -0.468. The molecule has 3 aromatic carbocycles. The van der Waals surface area contributed by atoms with Crippen molar-refractivity contribution < 1.29 is 18.9 Å². The van der Waals surface area contributed by atoms with Crippen LogP contribution in [0.3, 0.4) is 0 Å². The first-order valence-corrected chi connectivity index (χ1v) is 13.6. The minimum atomic E-state index is -0.777. The second-order valence-corrected chi connectivity index (χ2v) is 10.4. The van der Waals surface area contributed by atoms with E-state index in [0.717, 1.165) is 23.1 Å². The summed E-state index contributed by atoms with van der Waals surface area (Å²) in [6.45, 7) is 5.18. The summed E-state index contributed by atoms with van der Waals surface area (Å²) in [5.74, 6) is -1.55. The average molecular weight is 595 g/mol. The molecule has 1 amide bonds. The van der Waals surface area contributed by atoms with E-state index in [2.05, 4.69) is 10.5 Å². The Morgan fingerprint density at radius 1 is 1.02 bits per heavy atom. The highest BCUT2D eigenvalue weighted by atomic mass is 35.5. The van der Waals surface area contributed by atoms with Crippen LogP contribution in [-0.2, 0) is 16.1 Å². The van der Waals surface area contributed by atoms with Crippen molar-refractivity contribution in [3.63, 3.8) is 0 Å². The van der Waals surface area contributed by atoms with Gasteiger partial charge >= 0.3 is 5.69 Å². The largest absolute Gasteiger partial charge is 0.805 e. The molecule has 0 saturated carbocycles. The smallest absolute Gasteiger partial charge is 0.325 e.